The second-order valence-corrected chi connectivity index (χ2v) is 4.47. The number of hydrogen-bond donors (Lipinski definition) is 1. The molecular weight excluding hydrogens is 298 g/mol. The topological polar surface area (TPSA) is 47.6 Å². The maximum Gasteiger partial charge on any atom is 0.224 e. The Bertz CT molecular complexity index is 354. The predicted molar refractivity (Wildman–Crippen MR) is 74.3 cm³/mol. The minimum absolute atomic E-state index is 0.00242. The monoisotopic (exact) mass is 315 g/mol. The average molecular weight is 316 g/mol. The summed E-state index contributed by atoms with van der Waals surface area (Å²) >= 11 is 3.26. The van der Waals surface area contributed by atoms with Gasteiger partial charge in [0.1, 0.15) is 5.75 Å². The molecule has 1 amide bonds. The van der Waals surface area contributed by atoms with Gasteiger partial charge in [0.15, 0.2) is 0 Å². The Morgan fingerprint density at radius 3 is 2.61 bits per heavy atom. The zero-order valence-corrected chi connectivity index (χ0v) is 12.0. The van der Waals surface area contributed by atoms with Gasteiger partial charge in [-0.15, -0.1) is 0 Å². The molecule has 1 rings (SSSR count). The van der Waals surface area contributed by atoms with E-state index in [9.17, 15) is 4.79 Å². The van der Waals surface area contributed by atoms with Crippen molar-refractivity contribution in [3.8, 4) is 5.75 Å². The third-order valence-electron chi connectivity index (χ3n) is 2.31. The highest BCUT2D eigenvalue weighted by Gasteiger charge is 2.02. The minimum atomic E-state index is 0.00242. The fraction of sp³-hybridized carbons (Fsp3) is 0.462. The number of benzene rings is 1. The molecule has 4 nitrogen and oxygen atoms in total. The van der Waals surface area contributed by atoms with Gasteiger partial charge in [-0.3, -0.25) is 4.79 Å². The molecule has 0 aromatic heterocycles. The maximum atomic E-state index is 11.6. The highest BCUT2D eigenvalue weighted by Crippen LogP contribution is 2.11. The Balaban J connectivity index is 2.22. The van der Waals surface area contributed by atoms with Crippen LogP contribution in [0.3, 0.4) is 0 Å². The Kier molecular flexibility index (Phi) is 7.44. The van der Waals surface area contributed by atoms with Crippen LogP contribution in [0.2, 0.25) is 0 Å². The molecule has 18 heavy (non-hydrogen) atoms. The fourth-order valence-corrected chi connectivity index (χ4v) is 1.64. The zero-order valence-electron chi connectivity index (χ0n) is 10.4. The summed E-state index contributed by atoms with van der Waals surface area (Å²) in [6, 6.07) is 7.48. The van der Waals surface area contributed by atoms with Crippen LogP contribution in [-0.2, 0) is 16.0 Å². The second kappa shape index (κ2) is 8.94. The molecule has 100 valence electrons. The number of amides is 1. The predicted octanol–water partition coefficient (Wildman–Crippen LogP) is 1.77. The number of carbonyl (C=O) groups is 1. The number of alkyl halides is 1. The fourth-order valence-electron chi connectivity index (χ4n) is 1.41. The molecule has 0 radical (unpaired) electrons. The lowest BCUT2D eigenvalue weighted by atomic mass is 10.1. The number of nitrogens with one attached hydrogen (secondary N) is 1. The van der Waals surface area contributed by atoms with Gasteiger partial charge in [0.2, 0.25) is 5.91 Å². The molecule has 1 aromatic carbocycles. The smallest absolute Gasteiger partial charge is 0.224 e. The second-order valence-electron chi connectivity index (χ2n) is 3.68. The van der Waals surface area contributed by atoms with Gasteiger partial charge in [-0.2, -0.15) is 0 Å². The average Bonchev–Trinajstić information content (AvgIpc) is 2.39. The lowest BCUT2D eigenvalue weighted by molar-refractivity contribution is -0.120. The molecule has 1 N–H and O–H groups in total. The highest BCUT2D eigenvalue weighted by molar-refractivity contribution is 9.09. The highest BCUT2D eigenvalue weighted by atomic mass is 79.9. The van der Waals surface area contributed by atoms with E-state index in [1.165, 1.54) is 0 Å². The molecule has 5 heteroatoms. The number of methoxy groups -OCH3 is 1. The molecule has 0 spiro atoms. The third kappa shape index (κ3) is 6.02. The van der Waals surface area contributed by atoms with Gasteiger partial charge >= 0.3 is 0 Å². The van der Waals surface area contributed by atoms with Gasteiger partial charge in [-0.25, -0.2) is 0 Å². The van der Waals surface area contributed by atoms with Gasteiger partial charge in [0.05, 0.1) is 26.7 Å². The third-order valence-corrected chi connectivity index (χ3v) is 2.64. The summed E-state index contributed by atoms with van der Waals surface area (Å²) in [5.41, 5.74) is 0.967. The van der Waals surface area contributed by atoms with Crippen LogP contribution < -0.4 is 10.1 Å². The van der Waals surface area contributed by atoms with E-state index in [4.69, 9.17) is 9.47 Å². The molecule has 0 bridgehead atoms. The van der Waals surface area contributed by atoms with Crippen LogP contribution in [0.4, 0.5) is 0 Å². The summed E-state index contributed by atoms with van der Waals surface area (Å²) < 4.78 is 10.3. The maximum absolute atomic E-state index is 11.6. The Morgan fingerprint density at radius 1 is 1.28 bits per heavy atom. The Hall–Kier alpha value is -1.07. The van der Waals surface area contributed by atoms with Crippen molar-refractivity contribution in [2.24, 2.45) is 0 Å². The normalized spacial score (nSPS) is 10.1. The van der Waals surface area contributed by atoms with Crippen LogP contribution >= 0.6 is 15.9 Å². The summed E-state index contributed by atoms with van der Waals surface area (Å²) in [6.07, 6.45) is 0.377. The largest absolute Gasteiger partial charge is 0.497 e. The van der Waals surface area contributed by atoms with Crippen LogP contribution in [0.1, 0.15) is 5.56 Å². The first-order chi connectivity index (χ1) is 8.76. The quantitative estimate of drug-likeness (QED) is 0.587. The van der Waals surface area contributed by atoms with Crippen molar-refractivity contribution < 1.29 is 14.3 Å². The summed E-state index contributed by atoms with van der Waals surface area (Å²) in [4.78, 5) is 11.6. The Morgan fingerprint density at radius 2 is 2.00 bits per heavy atom. The van der Waals surface area contributed by atoms with Crippen molar-refractivity contribution >= 4 is 21.8 Å². The molecule has 0 aliphatic carbocycles. The number of ether oxygens (including phenoxy) is 2. The molecule has 0 saturated carbocycles. The van der Waals surface area contributed by atoms with Crippen molar-refractivity contribution in [2.45, 2.75) is 6.42 Å². The van der Waals surface area contributed by atoms with Gasteiger partial charge in [-0.05, 0) is 17.7 Å². The lowest BCUT2D eigenvalue weighted by Crippen LogP contribution is -2.28. The molecule has 0 aliphatic heterocycles. The molecule has 0 heterocycles. The Labute approximate surface area is 116 Å². The van der Waals surface area contributed by atoms with Crippen LogP contribution in [0.25, 0.3) is 0 Å². The van der Waals surface area contributed by atoms with Crippen LogP contribution in [0.5, 0.6) is 5.75 Å². The first-order valence-corrected chi connectivity index (χ1v) is 6.91. The number of hydrogen-bond acceptors (Lipinski definition) is 3. The van der Waals surface area contributed by atoms with Crippen molar-refractivity contribution in [3.05, 3.63) is 29.8 Å². The lowest BCUT2D eigenvalue weighted by Gasteiger charge is -2.06. The van der Waals surface area contributed by atoms with Gasteiger partial charge in [-0.1, -0.05) is 28.1 Å². The van der Waals surface area contributed by atoms with E-state index in [1.807, 2.05) is 24.3 Å². The van der Waals surface area contributed by atoms with E-state index in [2.05, 4.69) is 21.2 Å². The molecule has 1 aromatic rings. The summed E-state index contributed by atoms with van der Waals surface area (Å²) in [5.74, 6) is 0.796. The standard InChI is InChI=1S/C13H18BrNO3/c1-17-12-4-2-11(3-5-12)10-13(16)15-7-9-18-8-6-14/h2-5H,6-10H2,1H3,(H,15,16). The van der Waals surface area contributed by atoms with E-state index in [0.717, 1.165) is 16.6 Å². The molecule has 0 saturated heterocycles. The molecule has 0 unspecified atom stereocenters. The van der Waals surface area contributed by atoms with E-state index in [1.54, 1.807) is 7.11 Å². The summed E-state index contributed by atoms with van der Waals surface area (Å²) in [6.45, 7) is 1.75. The summed E-state index contributed by atoms with van der Waals surface area (Å²) in [5, 5.41) is 3.62. The molecule has 0 atom stereocenters. The van der Waals surface area contributed by atoms with Crippen LogP contribution in [0, 0.1) is 0 Å². The molecule has 0 fully saturated rings. The van der Waals surface area contributed by atoms with Crippen molar-refractivity contribution in [2.75, 3.05) is 32.2 Å². The number of carbonyl (C=O) groups excluding carboxylic acids is 1. The molecule has 0 aliphatic rings. The number of rotatable bonds is 8. The van der Waals surface area contributed by atoms with Crippen LogP contribution in [-0.4, -0.2) is 38.1 Å². The van der Waals surface area contributed by atoms with Crippen LogP contribution in [0.15, 0.2) is 24.3 Å². The summed E-state index contributed by atoms with van der Waals surface area (Å²) in [7, 11) is 1.62. The van der Waals surface area contributed by atoms with E-state index in [-0.39, 0.29) is 5.91 Å². The van der Waals surface area contributed by atoms with Gasteiger partial charge in [0, 0.05) is 11.9 Å². The minimum Gasteiger partial charge on any atom is -0.497 e. The van der Waals surface area contributed by atoms with Crippen molar-refractivity contribution in [1.82, 2.24) is 5.32 Å². The molecular formula is C13H18BrNO3. The van der Waals surface area contributed by atoms with Crippen molar-refractivity contribution in [3.63, 3.8) is 0 Å². The van der Waals surface area contributed by atoms with Gasteiger partial charge < -0.3 is 14.8 Å². The first kappa shape index (κ1) is 15.0. The SMILES string of the molecule is COc1ccc(CC(=O)NCCOCCBr)cc1. The van der Waals surface area contributed by atoms with E-state index in [0.29, 0.717) is 26.2 Å². The van der Waals surface area contributed by atoms with E-state index >= 15 is 0 Å². The van der Waals surface area contributed by atoms with Gasteiger partial charge in [0.25, 0.3) is 0 Å². The van der Waals surface area contributed by atoms with Crippen molar-refractivity contribution in [1.29, 1.82) is 0 Å². The van der Waals surface area contributed by atoms with E-state index < -0.39 is 0 Å². The first-order valence-electron chi connectivity index (χ1n) is 5.79. The number of halogens is 1. The zero-order chi connectivity index (χ0) is 13.2.